The first-order valence-electron chi connectivity index (χ1n) is 15.3. The third-order valence-electron chi connectivity index (χ3n) is 8.09. The average Bonchev–Trinajstić information content (AvgIpc) is 3.48. The molecule has 51 heavy (non-hydrogen) atoms. The Hall–Kier alpha value is -3.97. The van der Waals surface area contributed by atoms with Gasteiger partial charge in [0.25, 0.3) is 0 Å². The SMILES string of the molecule is CC1(C)C(C=C(Cl)Cl)C1C(=O)O[C@H](C#N)c1cccc(Oc2ccccc2)c1.CCOCn1c(-c2ccc(Cl)cc2)c(C#N)c(Br)c1C(F)(F)F. The number of benzene rings is 3. The van der Waals surface area contributed by atoms with Gasteiger partial charge in [0.15, 0.2) is 0 Å². The van der Waals surface area contributed by atoms with Crippen LogP contribution in [0.15, 0.2) is 93.9 Å². The summed E-state index contributed by atoms with van der Waals surface area (Å²) in [4.78, 5) is 12.6. The van der Waals surface area contributed by atoms with E-state index in [0.29, 0.717) is 27.6 Å². The summed E-state index contributed by atoms with van der Waals surface area (Å²) in [5, 5.41) is 19.3. The Kier molecular flexibility index (Phi) is 13.3. The van der Waals surface area contributed by atoms with E-state index in [1.165, 1.54) is 0 Å². The number of ether oxygens (including phenoxy) is 3. The number of halogens is 7. The zero-order valence-electron chi connectivity index (χ0n) is 27.3. The quantitative estimate of drug-likeness (QED) is 0.148. The van der Waals surface area contributed by atoms with Crippen molar-refractivity contribution in [2.24, 2.45) is 17.3 Å². The Morgan fingerprint density at radius 2 is 1.69 bits per heavy atom. The third-order valence-corrected chi connectivity index (χ3v) is 9.36. The number of hydrogen-bond donors (Lipinski definition) is 0. The van der Waals surface area contributed by atoms with Crippen LogP contribution in [0.3, 0.4) is 0 Å². The van der Waals surface area contributed by atoms with Crippen molar-refractivity contribution in [3.63, 3.8) is 0 Å². The molecule has 0 aliphatic heterocycles. The van der Waals surface area contributed by atoms with Gasteiger partial charge < -0.3 is 18.8 Å². The number of rotatable bonds is 10. The molecule has 0 radical (unpaired) electrons. The highest BCUT2D eigenvalue weighted by molar-refractivity contribution is 9.10. The molecule has 1 fully saturated rings. The van der Waals surface area contributed by atoms with Crippen LogP contribution in [0.25, 0.3) is 11.3 Å². The monoisotopic (exact) mass is 821 g/mol. The molecule has 1 saturated carbocycles. The molecule has 266 valence electrons. The van der Waals surface area contributed by atoms with Crippen LogP contribution in [0.5, 0.6) is 11.5 Å². The summed E-state index contributed by atoms with van der Waals surface area (Å²) in [6, 6.07) is 26.4. The summed E-state index contributed by atoms with van der Waals surface area (Å²) in [6.07, 6.45) is -4.02. The number of para-hydroxylation sites is 1. The van der Waals surface area contributed by atoms with Crippen LogP contribution in [0.1, 0.15) is 43.7 Å². The second-order valence-corrected chi connectivity index (χ2v) is 14.0. The normalized spacial score (nSPS) is 16.4. The van der Waals surface area contributed by atoms with E-state index in [-0.39, 0.29) is 50.8 Å². The van der Waals surface area contributed by atoms with E-state index in [1.807, 2.05) is 56.3 Å². The molecule has 0 saturated heterocycles. The van der Waals surface area contributed by atoms with Gasteiger partial charge in [-0.1, -0.05) is 91.1 Å². The van der Waals surface area contributed by atoms with E-state index in [0.717, 1.165) is 4.57 Å². The number of aromatic nitrogens is 1. The molecule has 14 heteroatoms. The molecule has 5 rings (SSSR count). The molecule has 7 nitrogen and oxygen atoms in total. The lowest BCUT2D eigenvalue weighted by Gasteiger charge is -2.15. The van der Waals surface area contributed by atoms with E-state index in [9.17, 15) is 28.5 Å². The Balaban J connectivity index is 0.000000233. The number of alkyl halides is 3. The molecule has 3 aromatic carbocycles. The zero-order chi connectivity index (χ0) is 37.5. The van der Waals surface area contributed by atoms with E-state index >= 15 is 0 Å². The molecule has 4 aromatic rings. The van der Waals surface area contributed by atoms with Gasteiger partial charge in [-0.15, -0.1) is 0 Å². The highest BCUT2D eigenvalue weighted by atomic mass is 79.9. The molecule has 0 spiro atoms. The van der Waals surface area contributed by atoms with E-state index in [4.69, 9.17) is 49.0 Å². The van der Waals surface area contributed by atoms with Crippen LogP contribution < -0.4 is 4.74 Å². The summed E-state index contributed by atoms with van der Waals surface area (Å²) in [6.45, 7) is 5.48. The topological polar surface area (TPSA) is 97.3 Å². The summed E-state index contributed by atoms with van der Waals surface area (Å²) < 4.78 is 57.4. The molecule has 1 aliphatic carbocycles. The Morgan fingerprint density at radius 1 is 1.04 bits per heavy atom. The standard InChI is InChI=1S/C22H19Cl2NO3.C15H11BrClF3N2O/c1-22(2)17(12-19(23)24)20(22)21(26)28-18(13-25)14-7-6-10-16(11-14)27-15-8-4-3-5-9-15;1-2-23-8-22-13(9-3-5-10(17)6-4-9)11(7-21)12(16)14(22)15(18,19)20/h3-12,17-18,20H,1-2H3;3-6H,2,8H2,1H3/t17?,18-,20?;/m1./s1. The number of carbonyl (C=O) groups excluding carboxylic acids is 1. The fourth-order valence-corrected chi connectivity index (χ4v) is 6.60. The fraction of sp³-hybridized carbons (Fsp3) is 0.270. The van der Waals surface area contributed by atoms with Crippen LogP contribution in [0, 0.1) is 39.9 Å². The zero-order valence-corrected chi connectivity index (χ0v) is 31.2. The molecule has 1 aromatic heterocycles. The minimum Gasteiger partial charge on any atom is -0.457 e. The van der Waals surface area contributed by atoms with Gasteiger partial charge in [-0.2, -0.15) is 23.7 Å². The molecule has 3 atom stereocenters. The van der Waals surface area contributed by atoms with Crippen molar-refractivity contribution < 1.29 is 32.2 Å². The average molecular weight is 824 g/mol. The first-order chi connectivity index (χ1) is 24.1. The smallest absolute Gasteiger partial charge is 0.432 e. The maximum atomic E-state index is 13.4. The van der Waals surface area contributed by atoms with Crippen molar-refractivity contribution in [1.82, 2.24) is 4.57 Å². The van der Waals surface area contributed by atoms with Crippen molar-refractivity contribution in [1.29, 1.82) is 10.5 Å². The van der Waals surface area contributed by atoms with E-state index in [2.05, 4.69) is 15.9 Å². The number of hydrogen-bond acceptors (Lipinski definition) is 6. The van der Waals surface area contributed by atoms with Crippen molar-refractivity contribution in [3.8, 4) is 34.9 Å². The Labute approximate surface area is 316 Å². The minimum absolute atomic E-state index is 0.0978. The minimum atomic E-state index is -4.63. The predicted octanol–water partition coefficient (Wildman–Crippen LogP) is 11.6. The number of nitriles is 2. The van der Waals surface area contributed by atoms with Gasteiger partial charge in [0.1, 0.15) is 40.6 Å². The number of nitrogens with zero attached hydrogens (tertiary/aromatic N) is 3. The maximum absolute atomic E-state index is 13.4. The van der Waals surface area contributed by atoms with Crippen LogP contribution in [-0.4, -0.2) is 17.1 Å². The molecule has 0 bridgehead atoms. The van der Waals surface area contributed by atoms with Crippen LogP contribution in [0.4, 0.5) is 13.2 Å². The van der Waals surface area contributed by atoms with E-state index in [1.54, 1.807) is 61.5 Å². The van der Waals surface area contributed by atoms with Gasteiger partial charge in [-0.25, -0.2) is 0 Å². The second-order valence-electron chi connectivity index (χ2n) is 11.8. The molecule has 0 N–H and O–H groups in total. The molecule has 1 aliphatic rings. The summed E-state index contributed by atoms with van der Waals surface area (Å²) in [7, 11) is 0. The summed E-state index contributed by atoms with van der Waals surface area (Å²) >= 11 is 20.2. The number of carbonyl (C=O) groups is 1. The van der Waals surface area contributed by atoms with Gasteiger partial charge in [-0.05, 0) is 82.2 Å². The second kappa shape index (κ2) is 17.0. The first kappa shape index (κ1) is 39.8. The maximum Gasteiger partial charge on any atom is 0.432 e. The molecule has 1 heterocycles. The molecular formula is C37H30BrCl3F3N3O4. The summed E-state index contributed by atoms with van der Waals surface area (Å²) in [5.74, 6) is 0.289. The van der Waals surface area contributed by atoms with Crippen LogP contribution >= 0.6 is 50.7 Å². The van der Waals surface area contributed by atoms with Crippen molar-refractivity contribution >= 4 is 56.7 Å². The van der Waals surface area contributed by atoms with E-state index < -0.39 is 23.9 Å². The summed E-state index contributed by atoms with van der Waals surface area (Å²) in [5.41, 5.74) is -0.236. The van der Waals surface area contributed by atoms with Crippen molar-refractivity contribution in [3.05, 3.63) is 116 Å². The first-order valence-corrected chi connectivity index (χ1v) is 17.2. The fourth-order valence-electron chi connectivity index (χ4n) is 5.49. The predicted molar refractivity (Wildman–Crippen MR) is 192 cm³/mol. The lowest BCUT2D eigenvalue weighted by atomic mass is 10.1. The highest BCUT2D eigenvalue weighted by Gasteiger charge is 2.62. The lowest BCUT2D eigenvalue weighted by Crippen LogP contribution is -2.16. The molecular weight excluding hydrogens is 794 g/mol. The van der Waals surface area contributed by atoms with Crippen molar-refractivity contribution in [2.45, 2.75) is 39.8 Å². The third kappa shape index (κ3) is 9.68. The highest BCUT2D eigenvalue weighted by Crippen LogP contribution is 2.60. The van der Waals surface area contributed by atoms with Crippen LogP contribution in [0.2, 0.25) is 5.02 Å². The van der Waals surface area contributed by atoms with Crippen molar-refractivity contribution in [2.75, 3.05) is 6.61 Å². The largest absolute Gasteiger partial charge is 0.457 e. The van der Waals surface area contributed by atoms with Crippen LogP contribution in [-0.2, 0) is 27.2 Å². The van der Waals surface area contributed by atoms with Gasteiger partial charge >= 0.3 is 12.1 Å². The Bertz CT molecular complexity index is 1970. The number of esters is 1. The van der Waals surface area contributed by atoms with Gasteiger partial charge in [0, 0.05) is 17.2 Å². The van der Waals surface area contributed by atoms with Gasteiger partial charge in [-0.3, -0.25) is 4.79 Å². The van der Waals surface area contributed by atoms with Gasteiger partial charge in [0.05, 0.1) is 21.6 Å². The lowest BCUT2D eigenvalue weighted by molar-refractivity contribution is -0.149. The van der Waals surface area contributed by atoms with Gasteiger partial charge in [0.2, 0.25) is 6.10 Å². The number of allylic oxidation sites excluding steroid dienone is 1. The molecule has 2 unspecified atom stereocenters. The molecule has 0 amide bonds. The Morgan fingerprint density at radius 3 is 2.25 bits per heavy atom.